The summed E-state index contributed by atoms with van der Waals surface area (Å²) in [4.78, 5) is 28.6. The molecule has 1 aromatic rings. The number of hydrogen-bond donors (Lipinski definition) is 0. The molecule has 1 aromatic carbocycles. The summed E-state index contributed by atoms with van der Waals surface area (Å²) in [7, 11) is 1.71. The van der Waals surface area contributed by atoms with Gasteiger partial charge in [-0.1, -0.05) is 32.0 Å². The Morgan fingerprint density at radius 3 is 2.72 bits per heavy atom. The normalized spacial score (nSPS) is 19.4. The second kappa shape index (κ2) is 8.15. The molecule has 3 unspecified atom stereocenters. The molecule has 25 heavy (non-hydrogen) atoms. The summed E-state index contributed by atoms with van der Waals surface area (Å²) in [6.45, 7) is 6.55. The fourth-order valence-corrected chi connectivity index (χ4v) is 3.25. The molecule has 2 amide bonds. The molecule has 0 spiro atoms. The molecule has 5 nitrogen and oxygen atoms in total. The van der Waals surface area contributed by atoms with Gasteiger partial charge in [-0.2, -0.15) is 5.26 Å². The number of para-hydroxylation sites is 1. The van der Waals surface area contributed by atoms with Gasteiger partial charge in [0.25, 0.3) is 0 Å². The number of carbonyl (C=O) groups excluding carboxylic acids is 2. The molecule has 2 rings (SSSR count). The molecule has 1 heterocycles. The molecular formula is C20H27N3O2. The van der Waals surface area contributed by atoms with E-state index < -0.39 is 0 Å². The fraction of sp³-hybridized carbons (Fsp3) is 0.550. The van der Waals surface area contributed by atoms with Gasteiger partial charge in [0, 0.05) is 31.7 Å². The molecule has 1 aliphatic heterocycles. The largest absolute Gasteiger partial charge is 0.342 e. The Morgan fingerprint density at radius 2 is 2.08 bits per heavy atom. The van der Waals surface area contributed by atoms with Crippen LogP contribution in [0.4, 0.5) is 5.69 Å². The highest BCUT2D eigenvalue weighted by molar-refractivity contribution is 6.00. The van der Waals surface area contributed by atoms with Gasteiger partial charge in [0.2, 0.25) is 11.8 Å². The van der Waals surface area contributed by atoms with E-state index in [4.69, 9.17) is 5.26 Å². The highest BCUT2D eigenvalue weighted by Crippen LogP contribution is 2.34. The maximum absolute atomic E-state index is 12.7. The summed E-state index contributed by atoms with van der Waals surface area (Å²) >= 11 is 0. The Balaban J connectivity index is 2.19. The molecule has 3 atom stereocenters. The van der Waals surface area contributed by atoms with E-state index in [-0.39, 0.29) is 30.2 Å². The highest BCUT2D eigenvalue weighted by Gasteiger charge is 2.38. The van der Waals surface area contributed by atoms with Crippen LogP contribution in [0.25, 0.3) is 0 Å². The first-order valence-corrected chi connectivity index (χ1v) is 8.93. The smallest absolute Gasteiger partial charge is 0.228 e. The molecule has 0 saturated carbocycles. The first-order valence-electron chi connectivity index (χ1n) is 8.93. The molecule has 0 bridgehead atoms. The van der Waals surface area contributed by atoms with Crippen molar-refractivity contribution in [1.29, 1.82) is 5.26 Å². The minimum atomic E-state index is -0.344. The number of nitrogens with zero attached hydrogens (tertiary/aromatic N) is 3. The third-order valence-electron chi connectivity index (χ3n) is 5.24. The van der Waals surface area contributed by atoms with Crippen LogP contribution in [0.15, 0.2) is 24.3 Å². The standard InChI is InChI=1S/C20H27N3O2/c1-5-14(2)17-8-6-7-9-18(17)23-13-16(12-19(23)24)20(25)22(4)15(3)10-11-21/h6-9,14-16H,5,10,12-13H2,1-4H3. The highest BCUT2D eigenvalue weighted by atomic mass is 16.2. The van der Waals surface area contributed by atoms with E-state index in [1.54, 1.807) is 16.8 Å². The topological polar surface area (TPSA) is 64.4 Å². The number of carbonyl (C=O) groups is 2. The molecule has 0 radical (unpaired) electrons. The first-order chi connectivity index (χ1) is 11.9. The number of nitriles is 1. The average Bonchev–Trinajstić information content (AvgIpc) is 3.01. The van der Waals surface area contributed by atoms with Gasteiger partial charge in [0.15, 0.2) is 0 Å². The summed E-state index contributed by atoms with van der Waals surface area (Å²) in [5.74, 6) is -0.0456. The van der Waals surface area contributed by atoms with Crippen LogP contribution in [0.5, 0.6) is 0 Å². The minimum Gasteiger partial charge on any atom is -0.342 e. The zero-order valence-corrected chi connectivity index (χ0v) is 15.5. The van der Waals surface area contributed by atoms with Crippen molar-refractivity contribution in [2.75, 3.05) is 18.5 Å². The average molecular weight is 341 g/mol. The minimum absolute atomic E-state index is 0.00422. The van der Waals surface area contributed by atoms with Gasteiger partial charge in [0.05, 0.1) is 18.4 Å². The van der Waals surface area contributed by atoms with E-state index in [2.05, 4.69) is 26.0 Å². The monoisotopic (exact) mass is 341 g/mol. The summed E-state index contributed by atoms with van der Waals surface area (Å²) in [5, 5.41) is 8.82. The Bertz CT molecular complexity index is 680. The second-order valence-corrected chi connectivity index (χ2v) is 6.93. The quantitative estimate of drug-likeness (QED) is 0.797. The molecular weight excluding hydrogens is 314 g/mol. The van der Waals surface area contributed by atoms with Crippen molar-refractivity contribution in [2.24, 2.45) is 5.92 Å². The van der Waals surface area contributed by atoms with E-state index in [1.165, 1.54) is 0 Å². The number of anilines is 1. The van der Waals surface area contributed by atoms with Crippen molar-refractivity contribution in [1.82, 2.24) is 4.90 Å². The van der Waals surface area contributed by atoms with E-state index in [1.807, 2.05) is 25.1 Å². The van der Waals surface area contributed by atoms with E-state index in [9.17, 15) is 9.59 Å². The van der Waals surface area contributed by atoms with Crippen LogP contribution in [0, 0.1) is 17.2 Å². The molecule has 5 heteroatoms. The zero-order valence-electron chi connectivity index (χ0n) is 15.5. The summed E-state index contributed by atoms with van der Waals surface area (Å²) < 4.78 is 0. The first kappa shape index (κ1) is 19.0. The lowest BCUT2D eigenvalue weighted by Crippen LogP contribution is -2.40. The van der Waals surface area contributed by atoms with Crippen molar-refractivity contribution in [2.45, 2.75) is 52.0 Å². The van der Waals surface area contributed by atoms with Gasteiger partial charge in [-0.25, -0.2) is 0 Å². The van der Waals surface area contributed by atoms with Crippen molar-refractivity contribution in [3.8, 4) is 6.07 Å². The molecule has 1 saturated heterocycles. The number of benzene rings is 1. The van der Waals surface area contributed by atoms with Crippen molar-refractivity contribution in [3.63, 3.8) is 0 Å². The molecule has 0 N–H and O–H groups in total. The van der Waals surface area contributed by atoms with Crippen LogP contribution in [0.2, 0.25) is 0 Å². The van der Waals surface area contributed by atoms with Crippen LogP contribution in [0.3, 0.4) is 0 Å². The van der Waals surface area contributed by atoms with Crippen molar-refractivity contribution >= 4 is 17.5 Å². The van der Waals surface area contributed by atoms with Crippen LogP contribution in [0.1, 0.15) is 51.5 Å². The van der Waals surface area contributed by atoms with Gasteiger partial charge < -0.3 is 9.80 Å². The Hall–Kier alpha value is -2.35. The maximum atomic E-state index is 12.7. The summed E-state index contributed by atoms with van der Waals surface area (Å²) in [6, 6.07) is 9.90. The maximum Gasteiger partial charge on any atom is 0.228 e. The third-order valence-corrected chi connectivity index (χ3v) is 5.24. The number of rotatable bonds is 6. The fourth-order valence-electron chi connectivity index (χ4n) is 3.25. The molecule has 0 aliphatic carbocycles. The molecule has 134 valence electrons. The third kappa shape index (κ3) is 4.01. The van der Waals surface area contributed by atoms with Crippen molar-refractivity contribution < 1.29 is 9.59 Å². The number of hydrogen-bond acceptors (Lipinski definition) is 3. The van der Waals surface area contributed by atoms with Gasteiger partial charge in [-0.05, 0) is 30.9 Å². The van der Waals surface area contributed by atoms with E-state index >= 15 is 0 Å². The van der Waals surface area contributed by atoms with Gasteiger partial charge in [-0.15, -0.1) is 0 Å². The molecule has 0 aromatic heterocycles. The molecule has 1 aliphatic rings. The SMILES string of the molecule is CCC(C)c1ccccc1N1CC(C(=O)N(C)C(C)CC#N)CC1=O. The van der Waals surface area contributed by atoms with Crippen molar-refractivity contribution in [3.05, 3.63) is 29.8 Å². The summed E-state index contributed by atoms with van der Waals surface area (Å²) in [6.07, 6.45) is 1.52. The Kier molecular flexibility index (Phi) is 6.19. The van der Waals surface area contributed by atoms with Crippen LogP contribution in [-0.2, 0) is 9.59 Å². The molecule has 1 fully saturated rings. The lowest BCUT2D eigenvalue weighted by Gasteiger charge is -2.26. The van der Waals surface area contributed by atoms with E-state index in [0.29, 0.717) is 18.9 Å². The van der Waals surface area contributed by atoms with Gasteiger partial charge in [0.1, 0.15) is 0 Å². The second-order valence-electron chi connectivity index (χ2n) is 6.93. The van der Waals surface area contributed by atoms with Crippen LogP contribution in [-0.4, -0.2) is 36.3 Å². The Morgan fingerprint density at radius 1 is 1.40 bits per heavy atom. The van der Waals surface area contributed by atoms with Crippen LogP contribution >= 0.6 is 0 Å². The van der Waals surface area contributed by atoms with Crippen LogP contribution < -0.4 is 4.90 Å². The van der Waals surface area contributed by atoms with Gasteiger partial charge in [-0.3, -0.25) is 9.59 Å². The van der Waals surface area contributed by atoms with Gasteiger partial charge >= 0.3 is 0 Å². The van der Waals surface area contributed by atoms with E-state index in [0.717, 1.165) is 17.7 Å². The zero-order chi connectivity index (χ0) is 18.6. The predicted octanol–water partition coefficient (Wildman–Crippen LogP) is 3.31. The number of amides is 2. The lowest BCUT2D eigenvalue weighted by molar-refractivity contribution is -0.136. The predicted molar refractivity (Wildman–Crippen MR) is 98.1 cm³/mol. The Labute approximate surface area is 150 Å². The summed E-state index contributed by atoms with van der Waals surface area (Å²) in [5.41, 5.74) is 2.07. The lowest BCUT2D eigenvalue weighted by atomic mass is 9.96.